The fraction of sp³-hybridized carbons (Fsp3) is 0.167. The van der Waals surface area contributed by atoms with Gasteiger partial charge in [-0.1, -0.05) is 36.4 Å². The summed E-state index contributed by atoms with van der Waals surface area (Å²) in [5, 5.41) is 12.2. The van der Waals surface area contributed by atoms with E-state index in [0.29, 0.717) is 0 Å². The highest BCUT2D eigenvalue weighted by Crippen LogP contribution is 2.42. The Labute approximate surface area is 82.0 Å². The lowest BCUT2D eigenvalue weighted by molar-refractivity contribution is 0.155. The van der Waals surface area contributed by atoms with Crippen molar-refractivity contribution >= 4 is 10.8 Å². The van der Waals surface area contributed by atoms with Crippen LogP contribution in [0.3, 0.4) is 0 Å². The maximum absolute atomic E-state index is 9.91. The molecule has 0 bridgehead atoms. The summed E-state index contributed by atoms with van der Waals surface area (Å²) >= 11 is 0. The van der Waals surface area contributed by atoms with Gasteiger partial charge in [-0.25, -0.2) is 0 Å². The van der Waals surface area contributed by atoms with Crippen molar-refractivity contribution in [3.05, 3.63) is 47.5 Å². The second-order valence-electron chi connectivity index (χ2n) is 3.76. The minimum Gasteiger partial charge on any atom is -0.386 e. The number of aliphatic hydroxyl groups is 1. The van der Waals surface area contributed by atoms with Gasteiger partial charge in [0.1, 0.15) is 0 Å². The molecule has 0 saturated carbocycles. The lowest BCUT2D eigenvalue weighted by Gasteiger charge is -2.09. The molecule has 1 aliphatic carbocycles. The highest BCUT2D eigenvalue weighted by Gasteiger charge is 2.29. The van der Waals surface area contributed by atoms with Crippen molar-refractivity contribution in [1.82, 2.24) is 0 Å². The Balaban J connectivity index is 2.49. The first-order valence-electron chi connectivity index (χ1n) is 4.74. The molecule has 0 aliphatic heterocycles. The van der Waals surface area contributed by atoms with E-state index in [1.165, 1.54) is 0 Å². The molecule has 3 rings (SSSR count). The van der Waals surface area contributed by atoms with E-state index < -0.39 is 6.10 Å². The predicted octanol–water partition coefficient (Wildman–Crippen LogP) is 1.89. The molecule has 0 spiro atoms. The average molecular weight is 185 g/mol. The van der Waals surface area contributed by atoms with Gasteiger partial charge in [-0.3, -0.25) is 0 Å². The maximum Gasteiger partial charge on any atom is 0.0988 e. The molecule has 2 aromatic carbocycles. The molecule has 70 valence electrons. The zero-order valence-electron chi connectivity index (χ0n) is 7.64. The van der Waals surface area contributed by atoms with E-state index in [4.69, 9.17) is 5.73 Å². The first-order chi connectivity index (χ1) is 6.79. The van der Waals surface area contributed by atoms with E-state index in [0.717, 1.165) is 21.9 Å². The summed E-state index contributed by atoms with van der Waals surface area (Å²) in [6.45, 7) is 0. The number of rotatable bonds is 0. The van der Waals surface area contributed by atoms with Gasteiger partial charge in [-0.2, -0.15) is 0 Å². The van der Waals surface area contributed by atoms with Gasteiger partial charge in [0.15, 0.2) is 0 Å². The largest absolute Gasteiger partial charge is 0.386 e. The van der Waals surface area contributed by atoms with Crippen LogP contribution in [0.25, 0.3) is 10.8 Å². The predicted molar refractivity (Wildman–Crippen MR) is 55.8 cm³/mol. The molecule has 1 aliphatic rings. The highest BCUT2D eigenvalue weighted by atomic mass is 16.3. The third-order valence-corrected chi connectivity index (χ3v) is 2.99. The zero-order valence-corrected chi connectivity index (χ0v) is 7.64. The summed E-state index contributed by atoms with van der Waals surface area (Å²) in [5.74, 6) is 0. The van der Waals surface area contributed by atoms with Gasteiger partial charge in [0.25, 0.3) is 0 Å². The van der Waals surface area contributed by atoms with E-state index >= 15 is 0 Å². The summed E-state index contributed by atoms with van der Waals surface area (Å²) in [5.41, 5.74) is 7.96. The smallest absolute Gasteiger partial charge is 0.0988 e. The van der Waals surface area contributed by atoms with Gasteiger partial charge < -0.3 is 10.8 Å². The Morgan fingerprint density at radius 2 is 1.64 bits per heavy atom. The third kappa shape index (κ3) is 0.820. The van der Waals surface area contributed by atoms with E-state index in [-0.39, 0.29) is 6.04 Å². The molecule has 0 fully saturated rings. The first kappa shape index (κ1) is 7.97. The molecule has 2 atom stereocenters. The topological polar surface area (TPSA) is 46.2 Å². The molecule has 2 unspecified atom stereocenters. The molecule has 0 amide bonds. The van der Waals surface area contributed by atoms with Crippen molar-refractivity contribution in [2.75, 3.05) is 0 Å². The van der Waals surface area contributed by atoms with Crippen molar-refractivity contribution in [1.29, 1.82) is 0 Å². The lowest BCUT2D eigenvalue weighted by Crippen LogP contribution is -2.13. The Morgan fingerprint density at radius 1 is 1.00 bits per heavy atom. The second kappa shape index (κ2) is 2.56. The molecular weight excluding hydrogens is 174 g/mol. The van der Waals surface area contributed by atoms with Crippen molar-refractivity contribution in [2.24, 2.45) is 5.73 Å². The van der Waals surface area contributed by atoms with Crippen LogP contribution in [0.1, 0.15) is 23.3 Å². The fourth-order valence-corrected chi connectivity index (χ4v) is 2.29. The molecule has 2 nitrogen and oxygen atoms in total. The Morgan fingerprint density at radius 3 is 2.36 bits per heavy atom. The monoisotopic (exact) mass is 185 g/mol. The molecular formula is C12H11NO. The van der Waals surface area contributed by atoms with Crippen LogP contribution < -0.4 is 5.73 Å². The zero-order chi connectivity index (χ0) is 9.71. The van der Waals surface area contributed by atoms with Crippen molar-refractivity contribution in [3.8, 4) is 0 Å². The van der Waals surface area contributed by atoms with Crippen LogP contribution in [0.5, 0.6) is 0 Å². The van der Waals surface area contributed by atoms with Crippen LogP contribution in [0.2, 0.25) is 0 Å². The van der Waals surface area contributed by atoms with Crippen LogP contribution in [0.4, 0.5) is 0 Å². The molecule has 3 N–H and O–H groups in total. The average Bonchev–Trinajstić information content (AvgIpc) is 2.47. The SMILES string of the molecule is NC1c2cccc3cccc(c23)C1O. The third-order valence-electron chi connectivity index (χ3n) is 2.99. The van der Waals surface area contributed by atoms with Crippen molar-refractivity contribution in [3.63, 3.8) is 0 Å². The van der Waals surface area contributed by atoms with Gasteiger partial charge in [0, 0.05) is 0 Å². The lowest BCUT2D eigenvalue weighted by atomic mass is 10.1. The molecule has 0 saturated heterocycles. The van der Waals surface area contributed by atoms with Crippen molar-refractivity contribution < 1.29 is 5.11 Å². The molecule has 0 radical (unpaired) electrons. The van der Waals surface area contributed by atoms with Gasteiger partial charge in [0.05, 0.1) is 12.1 Å². The van der Waals surface area contributed by atoms with E-state index in [2.05, 4.69) is 0 Å². The van der Waals surface area contributed by atoms with Crippen molar-refractivity contribution in [2.45, 2.75) is 12.1 Å². The van der Waals surface area contributed by atoms with Gasteiger partial charge in [-0.05, 0) is 21.9 Å². The minimum atomic E-state index is -0.545. The molecule has 0 aromatic heterocycles. The van der Waals surface area contributed by atoms with Gasteiger partial charge in [0.2, 0.25) is 0 Å². The first-order valence-corrected chi connectivity index (χ1v) is 4.74. The molecule has 14 heavy (non-hydrogen) atoms. The van der Waals surface area contributed by atoms with Crippen LogP contribution >= 0.6 is 0 Å². The summed E-state index contributed by atoms with van der Waals surface area (Å²) in [4.78, 5) is 0. The molecule has 2 heteroatoms. The van der Waals surface area contributed by atoms with E-state index in [9.17, 15) is 5.11 Å². The van der Waals surface area contributed by atoms with E-state index in [1.54, 1.807) is 0 Å². The Hall–Kier alpha value is -1.38. The number of aliphatic hydroxyl groups excluding tert-OH is 1. The fourth-order valence-electron chi connectivity index (χ4n) is 2.29. The Bertz CT molecular complexity index is 464. The van der Waals surface area contributed by atoms with Crippen LogP contribution in [-0.4, -0.2) is 5.11 Å². The summed E-state index contributed by atoms with van der Waals surface area (Å²) in [7, 11) is 0. The Kier molecular flexibility index (Phi) is 1.46. The normalized spacial score (nSPS) is 24.4. The summed E-state index contributed by atoms with van der Waals surface area (Å²) in [6, 6.07) is 11.7. The quantitative estimate of drug-likeness (QED) is 0.658. The number of benzene rings is 2. The van der Waals surface area contributed by atoms with Crippen LogP contribution in [-0.2, 0) is 0 Å². The number of hydrogen-bond acceptors (Lipinski definition) is 2. The molecule has 2 aromatic rings. The second-order valence-corrected chi connectivity index (χ2v) is 3.76. The van der Waals surface area contributed by atoms with Crippen LogP contribution in [0.15, 0.2) is 36.4 Å². The highest BCUT2D eigenvalue weighted by molar-refractivity contribution is 5.91. The van der Waals surface area contributed by atoms with Gasteiger partial charge in [-0.15, -0.1) is 0 Å². The van der Waals surface area contributed by atoms with Crippen LogP contribution in [0, 0.1) is 0 Å². The number of hydrogen-bond donors (Lipinski definition) is 2. The number of nitrogens with two attached hydrogens (primary N) is 1. The summed E-state index contributed by atoms with van der Waals surface area (Å²) in [6.07, 6.45) is -0.545. The maximum atomic E-state index is 9.91. The standard InChI is InChI=1S/C12H11NO/c13-11-8-5-1-3-7-4-2-6-9(10(7)8)12(11)14/h1-6,11-12,14H,13H2. The van der Waals surface area contributed by atoms with E-state index in [1.807, 2.05) is 36.4 Å². The minimum absolute atomic E-state index is 0.268. The van der Waals surface area contributed by atoms with Gasteiger partial charge >= 0.3 is 0 Å². The molecule has 0 heterocycles. The summed E-state index contributed by atoms with van der Waals surface area (Å²) < 4.78 is 0.